The second kappa shape index (κ2) is 8.03. The fourth-order valence-corrected chi connectivity index (χ4v) is 6.71. The second-order valence-corrected chi connectivity index (χ2v) is 12.1. The fraction of sp³-hybridized carbons (Fsp3) is 0.522. The highest BCUT2D eigenvalue weighted by Gasteiger charge is 2.36. The number of anilines is 1. The monoisotopic (exact) mass is 458 g/mol. The predicted octanol–water partition coefficient (Wildman–Crippen LogP) is 2.88. The molecule has 0 radical (unpaired) electrons. The van der Waals surface area contributed by atoms with Crippen LogP contribution in [0.2, 0.25) is 0 Å². The molecule has 2 heterocycles. The number of carbonyl (C=O) groups is 2. The van der Waals surface area contributed by atoms with E-state index in [0.717, 1.165) is 30.5 Å². The average molecular weight is 459 g/mol. The van der Waals surface area contributed by atoms with Crippen molar-refractivity contribution in [1.82, 2.24) is 15.1 Å². The summed E-state index contributed by atoms with van der Waals surface area (Å²) < 4.78 is 25.8. The van der Waals surface area contributed by atoms with Gasteiger partial charge in [-0.05, 0) is 49.1 Å². The first-order chi connectivity index (χ1) is 14.9. The molecule has 172 valence electrons. The van der Waals surface area contributed by atoms with Gasteiger partial charge in [0, 0.05) is 11.6 Å². The maximum Gasteiger partial charge on any atom is 0.314 e. The van der Waals surface area contributed by atoms with Gasteiger partial charge < -0.3 is 10.6 Å². The SMILES string of the molecule is Cc1ccccc1-n1nc2c(c1NC(=O)C(=O)NC1CC(C)CC(C)(C)C1)CS(=O)(=O)C2. The van der Waals surface area contributed by atoms with E-state index in [1.54, 1.807) is 0 Å². The molecule has 1 aromatic heterocycles. The summed E-state index contributed by atoms with van der Waals surface area (Å²) in [6.07, 6.45) is 2.73. The summed E-state index contributed by atoms with van der Waals surface area (Å²) in [5.41, 5.74) is 2.59. The lowest BCUT2D eigenvalue weighted by molar-refractivity contribution is -0.137. The molecular formula is C23H30N4O4S. The Labute approximate surface area is 188 Å². The lowest BCUT2D eigenvalue weighted by atomic mass is 9.70. The summed E-state index contributed by atoms with van der Waals surface area (Å²) in [6.45, 7) is 8.41. The third kappa shape index (κ3) is 4.57. The highest BCUT2D eigenvalue weighted by atomic mass is 32.2. The molecular weight excluding hydrogens is 428 g/mol. The number of fused-ring (bicyclic) bond motifs is 1. The molecule has 1 aromatic carbocycles. The second-order valence-electron chi connectivity index (χ2n) is 10.0. The molecule has 2 atom stereocenters. The van der Waals surface area contributed by atoms with Crippen molar-refractivity contribution in [2.24, 2.45) is 11.3 Å². The Morgan fingerprint density at radius 3 is 2.53 bits per heavy atom. The number of nitrogens with zero attached hydrogens (tertiary/aromatic N) is 2. The number of para-hydroxylation sites is 1. The van der Waals surface area contributed by atoms with Gasteiger partial charge in [-0.15, -0.1) is 0 Å². The van der Waals surface area contributed by atoms with Crippen molar-refractivity contribution in [2.45, 2.75) is 64.5 Å². The van der Waals surface area contributed by atoms with E-state index in [1.165, 1.54) is 4.68 Å². The van der Waals surface area contributed by atoms with E-state index in [2.05, 4.69) is 36.5 Å². The summed E-state index contributed by atoms with van der Waals surface area (Å²) in [6, 6.07) is 7.41. The van der Waals surface area contributed by atoms with Gasteiger partial charge in [-0.3, -0.25) is 9.59 Å². The minimum Gasteiger partial charge on any atom is -0.345 e. The van der Waals surface area contributed by atoms with Crippen LogP contribution in [0.3, 0.4) is 0 Å². The Balaban J connectivity index is 1.59. The van der Waals surface area contributed by atoms with Gasteiger partial charge >= 0.3 is 11.8 Å². The quantitative estimate of drug-likeness (QED) is 0.687. The molecule has 2 N–H and O–H groups in total. The molecule has 1 aliphatic heterocycles. The van der Waals surface area contributed by atoms with Crippen LogP contribution in [0.15, 0.2) is 24.3 Å². The molecule has 1 fully saturated rings. The lowest BCUT2D eigenvalue weighted by Crippen LogP contribution is -2.46. The highest BCUT2D eigenvalue weighted by Crippen LogP contribution is 2.38. The minimum absolute atomic E-state index is 0.0700. The molecule has 8 nitrogen and oxygen atoms in total. The third-order valence-electron chi connectivity index (χ3n) is 6.29. The van der Waals surface area contributed by atoms with Crippen LogP contribution in [0.1, 0.15) is 56.9 Å². The number of rotatable bonds is 3. The van der Waals surface area contributed by atoms with Crippen molar-refractivity contribution >= 4 is 27.5 Å². The Kier molecular flexibility index (Phi) is 5.65. The average Bonchev–Trinajstić information content (AvgIpc) is 3.12. The van der Waals surface area contributed by atoms with Gasteiger partial charge in [0.1, 0.15) is 5.82 Å². The summed E-state index contributed by atoms with van der Waals surface area (Å²) >= 11 is 0. The number of aromatic nitrogens is 2. The van der Waals surface area contributed by atoms with E-state index in [1.807, 2.05) is 31.2 Å². The van der Waals surface area contributed by atoms with Gasteiger partial charge in [0.05, 0.1) is 22.9 Å². The Morgan fingerprint density at radius 1 is 1.12 bits per heavy atom. The van der Waals surface area contributed by atoms with Crippen molar-refractivity contribution in [2.75, 3.05) is 5.32 Å². The van der Waals surface area contributed by atoms with E-state index < -0.39 is 21.7 Å². The van der Waals surface area contributed by atoms with Crippen LogP contribution in [-0.2, 0) is 30.9 Å². The van der Waals surface area contributed by atoms with E-state index in [0.29, 0.717) is 17.2 Å². The number of aryl methyl sites for hydroxylation is 1. The Morgan fingerprint density at radius 2 is 1.84 bits per heavy atom. The number of benzene rings is 1. The van der Waals surface area contributed by atoms with Crippen LogP contribution in [-0.4, -0.2) is 36.1 Å². The summed E-state index contributed by atoms with van der Waals surface area (Å²) in [5.74, 6) is -1.21. The van der Waals surface area contributed by atoms with E-state index in [9.17, 15) is 18.0 Å². The number of hydrogen-bond acceptors (Lipinski definition) is 5. The lowest BCUT2D eigenvalue weighted by Gasteiger charge is -2.39. The van der Waals surface area contributed by atoms with E-state index in [4.69, 9.17) is 0 Å². The zero-order valence-electron chi connectivity index (χ0n) is 18.9. The topological polar surface area (TPSA) is 110 Å². The summed E-state index contributed by atoms with van der Waals surface area (Å²) in [5, 5.41) is 10.00. The molecule has 4 rings (SSSR count). The minimum atomic E-state index is -3.32. The third-order valence-corrected chi connectivity index (χ3v) is 7.73. The van der Waals surface area contributed by atoms with Crippen molar-refractivity contribution in [3.8, 4) is 5.69 Å². The number of nitrogens with one attached hydrogen (secondary N) is 2. The maximum absolute atomic E-state index is 12.8. The normalized spacial score (nSPS) is 23.4. The van der Waals surface area contributed by atoms with Gasteiger partial charge in [-0.2, -0.15) is 5.10 Å². The smallest absolute Gasteiger partial charge is 0.314 e. The van der Waals surface area contributed by atoms with Crippen LogP contribution >= 0.6 is 0 Å². The van der Waals surface area contributed by atoms with Gasteiger partial charge in [-0.1, -0.05) is 39.0 Å². The van der Waals surface area contributed by atoms with E-state index >= 15 is 0 Å². The molecule has 2 unspecified atom stereocenters. The first-order valence-corrected chi connectivity index (χ1v) is 12.8. The van der Waals surface area contributed by atoms with Crippen LogP contribution in [0, 0.1) is 18.3 Å². The molecule has 0 spiro atoms. The predicted molar refractivity (Wildman–Crippen MR) is 122 cm³/mol. The molecule has 1 saturated carbocycles. The van der Waals surface area contributed by atoms with Crippen molar-refractivity contribution in [3.05, 3.63) is 41.1 Å². The zero-order chi connectivity index (χ0) is 23.3. The summed E-state index contributed by atoms with van der Waals surface area (Å²) in [7, 11) is -3.32. The Hall–Kier alpha value is -2.68. The molecule has 1 aliphatic carbocycles. The number of amides is 2. The zero-order valence-corrected chi connectivity index (χ0v) is 19.8. The van der Waals surface area contributed by atoms with Gasteiger partial charge in [-0.25, -0.2) is 13.1 Å². The van der Waals surface area contributed by atoms with Crippen molar-refractivity contribution in [1.29, 1.82) is 0 Å². The van der Waals surface area contributed by atoms with Gasteiger partial charge in [0.15, 0.2) is 9.84 Å². The number of sulfone groups is 1. The standard InChI is InChI=1S/C23H30N4O4S/c1-14-9-16(11-23(3,4)10-14)24-21(28)22(29)25-20-17-12-32(30,31)13-18(17)26-27(20)19-8-6-5-7-15(19)2/h5-8,14,16H,9-13H2,1-4H3,(H,24,28)(H,25,29). The molecule has 2 amide bonds. The Bertz CT molecular complexity index is 1180. The summed E-state index contributed by atoms with van der Waals surface area (Å²) in [4.78, 5) is 25.6. The van der Waals surface area contributed by atoms with Crippen molar-refractivity contribution < 1.29 is 18.0 Å². The van der Waals surface area contributed by atoms with Crippen LogP contribution < -0.4 is 10.6 Å². The molecule has 9 heteroatoms. The molecule has 2 aliphatic rings. The van der Waals surface area contributed by atoms with Crippen LogP contribution in [0.5, 0.6) is 0 Å². The first kappa shape index (κ1) is 22.5. The molecule has 2 aromatic rings. The maximum atomic E-state index is 12.8. The number of carbonyl (C=O) groups excluding carboxylic acids is 2. The van der Waals surface area contributed by atoms with E-state index in [-0.39, 0.29) is 28.8 Å². The first-order valence-electron chi connectivity index (χ1n) is 10.9. The number of hydrogen-bond donors (Lipinski definition) is 2. The van der Waals surface area contributed by atoms with Gasteiger partial charge in [0.2, 0.25) is 0 Å². The highest BCUT2D eigenvalue weighted by molar-refractivity contribution is 7.90. The van der Waals surface area contributed by atoms with Crippen molar-refractivity contribution in [3.63, 3.8) is 0 Å². The molecule has 0 bridgehead atoms. The van der Waals surface area contributed by atoms with Gasteiger partial charge in [0.25, 0.3) is 0 Å². The molecule has 0 saturated heterocycles. The fourth-order valence-electron chi connectivity index (χ4n) is 5.22. The molecule has 32 heavy (non-hydrogen) atoms. The largest absolute Gasteiger partial charge is 0.345 e. The van der Waals surface area contributed by atoms with Crippen LogP contribution in [0.25, 0.3) is 5.69 Å². The van der Waals surface area contributed by atoms with Crippen LogP contribution in [0.4, 0.5) is 5.82 Å².